The van der Waals surface area contributed by atoms with Gasteiger partial charge >= 0.3 is 23.9 Å². The molecule has 25 heavy (non-hydrogen) atoms. The fraction of sp³-hybridized carbons (Fsp3) is 0.412. The minimum Gasteiger partial charge on any atom is -0.481 e. The SMILES string of the molecule is C=CC(=O)OCCCCC1C(C(=O)O)=C(C(=O)O)C=CC1(C)C(=O)O. The van der Waals surface area contributed by atoms with E-state index in [4.69, 9.17) is 4.74 Å². The maximum absolute atomic E-state index is 11.7. The highest BCUT2D eigenvalue weighted by molar-refractivity contribution is 6.03. The lowest BCUT2D eigenvalue weighted by Gasteiger charge is -2.35. The van der Waals surface area contributed by atoms with Crippen molar-refractivity contribution in [2.45, 2.75) is 26.2 Å². The van der Waals surface area contributed by atoms with E-state index in [2.05, 4.69) is 6.58 Å². The summed E-state index contributed by atoms with van der Waals surface area (Å²) < 4.78 is 4.80. The van der Waals surface area contributed by atoms with Crippen molar-refractivity contribution in [1.29, 1.82) is 0 Å². The summed E-state index contributed by atoms with van der Waals surface area (Å²) in [4.78, 5) is 45.5. The molecule has 0 aliphatic heterocycles. The first-order chi connectivity index (χ1) is 11.6. The van der Waals surface area contributed by atoms with Crippen LogP contribution >= 0.6 is 0 Å². The molecule has 0 bridgehead atoms. The third kappa shape index (κ3) is 4.56. The standard InChI is InChI=1S/C17H20O8/c1-3-12(18)25-9-5-4-6-11-13(15(21)22)10(14(19)20)7-8-17(11,2)16(23)24/h3,7-8,11H,1,4-6,9H2,2H3,(H,19,20)(H,21,22)(H,23,24). The molecule has 3 N–H and O–H groups in total. The van der Waals surface area contributed by atoms with Crippen molar-refractivity contribution in [2.24, 2.45) is 11.3 Å². The topological polar surface area (TPSA) is 138 Å². The van der Waals surface area contributed by atoms with Gasteiger partial charge in [0, 0.05) is 12.0 Å². The van der Waals surface area contributed by atoms with Crippen molar-refractivity contribution in [3.8, 4) is 0 Å². The van der Waals surface area contributed by atoms with Gasteiger partial charge in [0.1, 0.15) is 0 Å². The first kappa shape index (κ1) is 20.1. The molecule has 0 heterocycles. The lowest BCUT2D eigenvalue weighted by atomic mass is 9.66. The Morgan fingerprint density at radius 3 is 2.32 bits per heavy atom. The van der Waals surface area contributed by atoms with E-state index in [0.717, 1.165) is 12.2 Å². The summed E-state index contributed by atoms with van der Waals surface area (Å²) in [5.41, 5.74) is -2.39. The highest BCUT2D eigenvalue weighted by atomic mass is 16.5. The van der Waals surface area contributed by atoms with Gasteiger partial charge in [0.05, 0.1) is 23.2 Å². The summed E-state index contributed by atoms with van der Waals surface area (Å²) in [5, 5.41) is 28.1. The molecule has 0 spiro atoms. The van der Waals surface area contributed by atoms with Gasteiger partial charge in [-0.1, -0.05) is 12.7 Å². The number of carboxylic acids is 3. The number of ether oxygens (including phenoxy) is 1. The molecule has 1 aliphatic rings. The zero-order valence-electron chi connectivity index (χ0n) is 13.7. The van der Waals surface area contributed by atoms with E-state index in [0.29, 0.717) is 12.8 Å². The average molecular weight is 352 g/mol. The Morgan fingerprint density at radius 1 is 1.20 bits per heavy atom. The normalized spacial score (nSPS) is 22.4. The molecular formula is C17H20O8. The van der Waals surface area contributed by atoms with Gasteiger partial charge in [-0.05, 0) is 32.3 Å². The molecule has 2 atom stereocenters. The lowest BCUT2D eigenvalue weighted by molar-refractivity contribution is -0.148. The van der Waals surface area contributed by atoms with Gasteiger partial charge in [-0.25, -0.2) is 14.4 Å². The molecule has 8 nitrogen and oxygen atoms in total. The minimum absolute atomic E-state index is 0.0785. The highest BCUT2D eigenvalue weighted by Crippen LogP contribution is 2.43. The fourth-order valence-corrected chi connectivity index (χ4v) is 2.75. The van der Waals surface area contributed by atoms with E-state index < -0.39 is 46.4 Å². The summed E-state index contributed by atoms with van der Waals surface area (Å²) in [7, 11) is 0. The Kier molecular flexibility index (Phi) is 6.67. The summed E-state index contributed by atoms with van der Waals surface area (Å²) in [6.07, 6.45) is 4.12. The molecule has 8 heteroatoms. The van der Waals surface area contributed by atoms with Crippen molar-refractivity contribution in [1.82, 2.24) is 0 Å². The summed E-state index contributed by atoms with van der Waals surface area (Å²) in [6, 6.07) is 0. The Bertz CT molecular complexity index is 658. The van der Waals surface area contributed by atoms with Crippen LogP contribution in [-0.2, 0) is 23.9 Å². The van der Waals surface area contributed by atoms with Gasteiger partial charge in [-0.3, -0.25) is 4.79 Å². The monoisotopic (exact) mass is 352 g/mol. The molecule has 0 aromatic rings. The van der Waals surface area contributed by atoms with E-state index in [9.17, 15) is 34.5 Å². The largest absolute Gasteiger partial charge is 0.481 e. The second kappa shape index (κ2) is 8.27. The zero-order valence-corrected chi connectivity index (χ0v) is 13.7. The number of aliphatic carboxylic acids is 3. The van der Waals surface area contributed by atoms with Crippen LogP contribution in [0.25, 0.3) is 0 Å². The van der Waals surface area contributed by atoms with Crippen LogP contribution in [0.5, 0.6) is 0 Å². The van der Waals surface area contributed by atoms with Gasteiger partial charge in [0.15, 0.2) is 0 Å². The lowest BCUT2D eigenvalue weighted by Crippen LogP contribution is -2.40. The Labute approximate surface area is 144 Å². The molecule has 0 aromatic carbocycles. The Morgan fingerprint density at radius 2 is 1.84 bits per heavy atom. The van der Waals surface area contributed by atoms with Crippen molar-refractivity contribution in [3.63, 3.8) is 0 Å². The van der Waals surface area contributed by atoms with Gasteiger partial charge < -0.3 is 20.1 Å². The zero-order chi connectivity index (χ0) is 19.2. The fourth-order valence-electron chi connectivity index (χ4n) is 2.75. The molecular weight excluding hydrogens is 332 g/mol. The number of rotatable bonds is 9. The van der Waals surface area contributed by atoms with Crippen molar-refractivity contribution in [2.75, 3.05) is 6.61 Å². The molecule has 0 radical (unpaired) electrons. The number of carboxylic acid groups (broad SMARTS) is 3. The molecule has 0 saturated heterocycles. The van der Waals surface area contributed by atoms with E-state index in [1.165, 1.54) is 13.0 Å². The first-order valence-corrected chi connectivity index (χ1v) is 7.57. The summed E-state index contributed by atoms with van der Waals surface area (Å²) in [6.45, 7) is 4.69. The predicted octanol–water partition coefficient (Wildman–Crippen LogP) is 1.63. The predicted molar refractivity (Wildman–Crippen MR) is 85.7 cm³/mol. The molecule has 1 aliphatic carbocycles. The molecule has 0 aromatic heterocycles. The molecule has 0 saturated carbocycles. The third-order valence-corrected chi connectivity index (χ3v) is 4.18. The number of carbonyl (C=O) groups is 4. The highest BCUT2D eigenvalue weighted by Gasteiger charge is 2.46. The average Bonchev–Trinajstić information content (AvgIpc) is 2.54. The minimum atomic E-state index is -1.54. The molecule has 0 amide bonds. The Hall–Kier alpha value is -2.90. The van der Waals surface area contributed by atoms with Gasteiger partial charge in [0.2, 0.25) is 0 Å². The number of unbranched alkanes of at least 4 members (excludes halogenated alkanes) is 1. The van der Waals surface area contributed by atoms with Crippen LogP contribution < -0.4 is 0 Å². The third-order valence-electron chi connectivity index (χ3n) is 4.18. The second-order valence-corrected chi connectivity index (χ2v) is 5.78. The second-order valence-electron chi connectivity index (χ2n) is 5.78. The van der Waals surface area contributed by atoms with Crippen LogP contribution in [0, 0.1) is 11.3 Å². The van der Waals surface area contributed by atoms with Crippen LogP contribution in [0.3, 0.4) is 0 Å². The van der Waals surface area contributed by atoms with Crippen molar-refractivity contribution in [3.05, 3.63) is 36.0 Å². The van der Waals surface area contributed by atoms with Crippen LogP contribution in [0.1, 0.15) is 26.2 Å². The quantitative estimate of drug-likeness (QED) is 0.323. The smallest absolute Gasteiger partial charge is 0.336 e. The van der Waals surface area contributed by atoms with E-state index >= 15 is 0 Å². The van der Waals surface area contributed by atoms with E-state index in [1.54, 1.807) is 0 Å². The van der Waals surface area contributed by atoms with Crippen LogP contribution in [0.4, 0.5) is 0 Å². The van der Waals surface area contributed by atoms with E-state index in [-0.39, 0.29) is 13.0 Å². The van der Waals surface area contributed by atoms with Crippen molar-refractivity contribution < 1.29 is 39.2 Å². The maximum Gasteiger partial charge on any atom is 0.336 e. The van der Waals surface area contributed by atoms with E-state index in [1.807, 2.05) is 0 Å². The number of hydrogen-bond donors (Lipinski definition) is 3. The first-order valence-electron chi connectivity index (χ1n) is 7.57. The maximum atomic E-state index is 11.7. The molecule has 0 fully saturated rings. The van der Waals surface area contributed by atoms with Gasteiger partial charge in [-0.2, -0.15) is 0 Å². The van der Waals surface area contributed by atoms with Crippen molar-refractivity contribution >= 4 is 23.9 Å². The number of hydrogen-bond acceptors (Lipinski definition) is 5. The molecule has 2 unspecified atom stereocenters. The number of carbonyl (C=O) groups excluding carboxylic acids is 1. The van der Waals surface area contributed by atoms with Crippen LogP contribution in [0.2, 0.25) is 0 Å². The number of esters is 1. The van der Waals surface area contributed by atoms with Gasteiger partial charge in [0.25, 0.3) is 0 Å². The summed E-state index contributed by atoms with van der Waals surface area (Å²) >= 11 is 0. The Balaban J connectivity index is 3.01. The van der Waals surface area contributed by atoms with Gasteiger partial charge in [-0.15, -0.1) is 0 Å². The molecule has 136 valence electrons. The summed E-state index contributed by atoms with van der Waals surface area (Å²) in [5.74, 6) is -5.73. The van der Waals surface area contributed by atoms with Crippen LogP contribution in [0.15, 0.2) is 36.0 Å². The molecule has 1 rings (SSSR count). The van der Waals surface area contributed by atoms with Crippen LogP contribution in [-0.4, -0.2) is 45.8 Å².